The molecule has 0 unspecified atom stereocenters. The summed E-state index contributed by atoms with van der Waals surface area (Å²) in [5, 5.41) is 4.35. The lowest BCUT2D eigenvalue weighted by Crippen LogP contribution is -2.48. The van der Waals surface area contributed by atoms with E-state index in [0.29, 0.717) is 38.4 Å². The fourth-order valence-corrected chi connectivity index (χ4v) is 5.76. The highest BCUT2D eigenvalue weighted by molar-refractivity contribution is 5.92. The Bertz CT molecular complexity index is 1430. The lowest BCUT2D eigenvalue weighted by atomic mass is 9.88. The molecule has 3 aromatic rings. The minimum atomic E-state index is -0.0374. The number of carbonyl (C=O) groups is 2. The van der Waals surface area contributed by atoms with Crippen LogP contribution in [0.25, 0.3) is 10.9 Å². The van der Waals surface area contributed by atoms with Crippen molar-refractivity contribution in [2.24, 2.45) is 5.41 Å². The third kappa shape index (κ3) is 7.05. The third-order valence-corrected chi connectivity index (χ3v) is 8.15. The molecule has 10 nitrogen and oxygen atoms in total. The number of nitrogens with zero attached hydrogens (tertiary/aromatic N) is 6. The summed E-state index contributed by atoms with van der Waals surface area (Å²) in [6, 6.07) is 8.14. The zero-order valence-electron chi connectivity index (χ0n) is 24.9. The van der Waals surface area contributed by atoms with Crippen LogP contribution in [0.2, 0.25) is 0 Å². The van der Waals surface area contributed by atoms with Gasteiger partial charge in [0.1, 0.15) is 36.1 Å². The molecule has 0 saturated carbocycles. The quantitative estimate of drug-likeness (QED) is 0.281. The number of fused-ring (bicyclic) bond motifs is 1. The molecule has 2 fully saturated rings. The van der Waals surface area contributed by atoms with Gasteiger partial charge < -0.3 is 29.5 Å². The molecule has 10 heteroatoms. The summed E-state index contributed by atoms with van der Waals surface area (Å²) in [5.74, 6) is 2.41. The van der Waals surface area contributed by atoms with Gasteiger partial charge in [-0.1, -0.05) is 20.4 Å². The van der Waals surface area contributed by atoms with E-state index in [0.717, 1.165) is 72.5 Å². The van der Waals surface area contributed by atoms with Crippen LogP contribution < -0.4 is 15.0 Å². The molecule has 1 amide bonds. The summed E-state index contributed by atoms with van der Waals surface area (Å²) in [6.07, 6.45) is 8.42. The summed E-state index contributed by atoms with van der Waals surface area (Å²) < 4.78 is 6.42. The summed E-state index contributed by atoms with van der Waals surface area (Å²) >= 11 is 0. The van der Waals surface area contributed by atoms with Crippen LogP contribution in [0.3, 0.4) is 0 Å². The van der Waals surface area contributed by atoms with Gasteiger partial charge in [0.15, 0.2) is 0 Å². The van der Waals surface area contributed by atoms with Crippen LogP contribution in [-0.2, 0) is 9.59 Å². The molecule has 0 spiro atoms. The zero-order valence-corrected chi connectivity index (χ0v) is 24.9. The van der Waals surface area contributed by atoms with Gasteiger partial charge in [-0.3, -0.25) is 4.79 Å². The van der Waals surface area contributed by atoms with Crippen molar-refractivity contribution in [2.75, 3.05) is 56.0 Å². The number of likely N-dealkylation sites (tertiary alicyclic amines) is 1. The number of carbonyl (C=O) groups excluding carboxylic acids is 2. The van der Waals surface area contributed by atoms with E-state index in [1.807, 2.05) is 18.2 Å². The third-order valence-electron chi connectivity index (χ3n) is 8.15. The van der Waals surface area contributed by atoms with Crippen LogP contribution in [-0.4, -0.2) is 88.9 Å². The Kier molecular flexibility index (Phi) is 9.01. The molecule has 2 aliphatic rings. The van der Waals surface area contributed by atoms with Gasteiger partial charge in [-0.25, -0.2) is 15.0 Å². The standard InChI is InChI=1S/C32H41N7O3/c1-5-30(41)39-15-13-38(14-16-39)29-19-26-27(20-33-29)34-22-35-31(26)36-24-6-7-28(23(2)18-24)42-25-8-11-37(12-9-25)21-32(3,4)10-17-40/h5-7,17-20,22,25H,1,8-16,21H2,2-4H3,(H,34,35,36). The first-order chi connectivity index (χ1) is 20.2. The molecule has 2 aromatic heterocycles. The second kappa shape index (κ2) is 12.9. The van der Waals surface area contributed by atoms with E-state index < -0.39 is 0 Å². The Labute approximate surface area is 247 Å². The molecule has 0 bridgehead atoms. The number of aldehydes is 1. The molecule has 42 heavy (non-hydrogen) atoms. The van der Waals surface area contributed by atoms with E-state index in [1.165, 1.54) is 6.08 Å². The second-order valence-corrected chi connectivity index (χ2v) is 12.0. The van der Waals surface area contributed by atoms with Crippen molar-refractivity contribution in [3.05, 3.63) is 55.0 Å². The molecule has 4 heterocycles. The predicted molar refractivity (Wildman–Crippen MR) is 165 cm³/mol. The number of benzene rings is 1. The molecule has 0 aliphatic carbocycles. The first-order valence-electron chi connectivity index (χ1n) is 14.7. The number of aromatic nitrogens is 3. The predicted octanol–water partition coefficient (Wildman–Crippen LogP) is 4.37. The first-order valence-corrected chi connectivity index (χ1v) is 14.7. The summed E-state index contributed by atoms with van der Waals surface area (Å²) in [4.78, 5) is 42.9. The molecular weight excluding hydrogens is 530 g/mol. The van der Waals surface area contributed by atoms with Crippen LogP contribution in [0, 0.1) is 12.3 Å². The average molecular weight is 572 g/mol. The molecule has 0 atom stereocenters. The molecule has 0 radical (unpaired) electrons. The monoisotopic (exact) mass is 571 g/mol. The van der Waals surface area contributed by atoms with Gasteiger partial charge in [0.05, 0.1) is 11.7 Å². The van der Waals surface area contributed by atoms with Crippen LogP contribution in [0.4, 0.5) is 17.3 Å². The maximum absolute atomic E-state index is 11.9. The number of rotatable bonds is 10. The number of nitrogens with one attached hydrogen (secondary N) is 1. The van der Waals surface area contributed by atoms with Crippen LogP contribution in [0.15, 0.2) is 49.4 Å². The van der Waals surface area contributed by atoms with Gasteiger partial charge in [0.2, 0.25) is 5.91 Å². The number of anilines is 3. The second-order valence-electron chi connectivity index (χ2n) is 12.0. The fourth-order valence-electron chi connectivity index (χ4n) is 5.76. The van der Waals surface area contributed by atoms with Crippen molar-refractivity contribution in [2.45, 2.75) is 46.1 Å². The number of amides is 1. The van der Waals surface area contributed by atoms with Gasteiger partial charge >= 0.3 is 0 Å². The van der Waals surface area contributed by atoms with E-state index in [4.69, 9.17) is 4.74 Å². The largest absolute Gasteiger partial charge is 0.490 e. The number of ether oxygens (including phenoxy) is 1. The van der Waals surface area contributed by atoms with E-state index in [9.17, 15) is 9.59 Å². The Morgan fingerprint density at radius 2 is 1.86 bits per heavy atom. The smallest absolute Gasteiger partial charge is 0.246 e. The van der Waals surface area contributed by atoms with Crippen molar-refractivity contribution in [1.82, 2.24) is 24.8 Å². The normalized spacial score (nSPS) is 16.8. The first kappa shape index (κ1) is 29.4. The highest BCUT2D eigenvalue weighted by Crippen LogP contribution is 2.30. The Hall–Kier alpha value is -4.05. The Morgan fingerprint density at radius 1 is 1.10 bits per heavy atom. The van der Waals surface area contributed by atoms with Crippen molar-refractivity contribution >= 4 is 40.4 Å². The van der Waals surface area contributed by atoms with Gasteiger partial charge in [0, 0.05) is 63.3 Å². The summed E-state index contributed by atoms with van der Waals surface area (Å²) in [6.45, 7) is 15.5. The van der Waals surface area contributed by atoms with Crippen LogP contribution >= 0.6 is 0 Å². The average Bonchev–Trinajstić information content (AvgIpc) is 2.99. The van der Waals surface area contributed by atoms with Gasteiger partial charge in [-0.05, 0) is 61.1 Å². The number of pyridine rings is 1. The van der Waals surface area contributed by atoms with Crippen molar-refractivity contribution in [1.29, 1.82) is 0 Å². The number of piperazine rings is 1. The topological polar surface area (TPSA) is 104 Å². The minimum absolute atomic E-state index is 0.00437. The summed E-state index contributed by atoms with van der Waals surface area (Å²) in [7, 11) is 0. The van der Waals surface area contributed by atoms with E-state index in [2.05, 4.69) is 63.5 Å². The SMILES string of the molecule is C=CC(=O)N1CCN(c2cc3c(Nc4ccc(OC5CCN(CC(C)(C)CC=O)CC5)c(C)c4)ncnc3cn2)CC1. The molecule has 2 saturated heterocycles. The lowest BCUT2D eigenvalue weighted by Gasteiger charge is -2.37. The maximum atomic E-state index is 11.9. The number of hydrogen-bond donors (Lipinski definition) is 1. The van der Waals surface area contributed by atoms with Crippen molar-refractivity contribution in [3.8, 4) is 5.75 Å². The number of aryl methyl sites for hydroxylation is 1. The fraction of sp³-hybridized carbons (Fsp3) is 0.469. The highest BCUT2D eigenvalue weighted by atomic mass is 16.5. The maximum Gasteiger partial charge on any atom is 0.246 e. The van der Waals surface area contributed by atoms with E-state index in [-0.39, 0.29) is 17.4 Å². The Morgan fingerprint density at radius 3 is 2.55 bits per heavy atom. The van der Waals surface area contributed by atoms with Crippen molar-refractivity contribution in [3.63, 3.8) is 0 Å². The summed E-state index contributed by atoms with van der Waals surface area (Å²) in [5.41, 5.74) is 2.74. The van der Waals surface area contributed by atoms with Crippen LogP contribution in [0.1, 0.15) is 38.7 Å². The molecule has 222 valence electrons. The lowest BCUT2D eigenvalue weighted by molar-refractivity contribution is -0.126. The molecule has 5 rings (SSSR count). The molecule has 1 N–H and O–H groups in total. The minimum Gasteiger partial charge on any atom is -0.490 e. The van der Waals surface area contributed by atoms with Gasteiger partial charge in [-0.15, -0.1) is 0 Å². The zero-order chi connectivity index (χ0) is 29.7. The van der Waals surface area contributed by atoms with Crippen molar-refractivity contribution < 1.29 is 14.3 Å². The number of hydrogen-bond acceptors (Lipinski definition) is 9. The highest BCUT2D eigenvalue weighted by Gasteiger charge is 2.27. The van der Waals surface area contributed by atoms with Gasteiger partial charge in [0.25, 0.3) is 0 Å². The van der Waals surface area contributed by atoms with Gasteiger partial charge in [-0.2, -0.15) is 0 Å². The van der Waals surface area contributed by atoms with E-state index >= 15 is 0 Å². The number of piperidine rings is 1. The Balaban J connectivity index is 1.22. The molecule has 2 aliphatic heterocycles. The van der Waals surface area contributed by atoms with Crippen LogP contribution in [0.5, 0.6) is 5.75 Å². The molecule has 1 aromatic carbocycles. The van der Waals surface area contributed by atoms with E-state index in [1.54, 1.807) is 17.4 Å². The molecular formula is C32H41N7O3.